The monoisotopic (exact) mass is 369 g/mol. The summed E-state index contributed by atoms with van der Waals surface area (Å²) >= 11 is 9.87. The predicted octanol–water partition coefficient (Wildman–Crippen LogP) is 5.64. The molecular formula is C17H18BrClFN. The van der Waals surface area contributed by atoms with Crippen molar-refractivity contribution in [3.63, 3.8) is 0 Å². The first-order valence-electron chi connectivity index (χ1n) is 6.98. The van der Waals surface area contributed by atoms with Crippen LogP contribution < -0.4 is 5.32 Å². The molecule has 1 unspecified atom stereocenters. The Morgan fingerprint density at radius 2 is 1.95 bits per heavy atom. The quantitative estimate of drug-likeness (QED) is 0.718. The maximum atomic E-state index is 13.6. The first kappa shape index (κ1) is 16.5. The van der Waals surface area contributed by atoms with E-state index in [1.807, 2.05) is 30.3 Å². The lowest BCUT2D eigenvalue weighted by atomic mass is 9.97. The molecule has 21 heavy (non-hydrogen) atoms. The fraction of sp³-hybridized carbons (Fsp3) is 0.294. The largest absolute Gasteiger partial charge is 0.306 e. The number of benzene rings is 2. The maximum absolute atomic E-state index is 13.6. The maximum Gasteiger partial charge on any atom is 0.127 e. The van der Waals surface area contributed by atoms with Gasteiger partial charge in [-0.25, -0.2) is 4.39 Å². The van der Waals surface area contributed by atoms with Gasteiger partial charge in [-0.05, 0) is 54.8 Å². The number of hydrogen-bond donors (Lipinski definition) is 1. The standard InChI is InChI=1S/C17H18BrClFN/c1-3-8-21-17(12-6-4-5-7-14(12)18)13-9-11(2)16(20)10-15(13)19/h4-7,9-10,17,21H,3,8H2,1-2H3. The Bertz CT molecular complexity index is 630. The van der Waals surface area contributed by atoms with Crippen molar-refractivity contribution in [2.75, 3.05) is 6.54 Å². The van der Waals surface area contributed by atoms with Crippen molar-refractivity contribution in [2.24, 2.45) is 0 Å². The van der Waals surface area contributed by atoms with Gasteiger partial charge in [-0.2, -0.15) is 0 Å². The molecule has 0 spiro atoms. The molecule has 0 saturated carbocycles. The third kappa shape index (κ3) is 3.85. The van der Waals surface area contributed by atoms with Crippen molar-refractivity contribution in [1.82, 2.24) is 5.32 Å². The SMILES string of the molecule is CCCNC(c1cc(C)c(F)cc1Cl)c1ccccc1Br. The van der Waals surface area contributed by atoms with Crippen molar-refractivity contribution >= 4 is 27.5 Å². The Morgan fingerprint density at radius 3 is 2.62 bits per heavy atom. The highest BCUT2D eigenvalue weighted by atomic mass is 79.9. The van der Waals surface area contributed by atoms with E-state index in [9.17, 15) is 4.39 Å². The minimum Gasteiger partial charge on any atom is -0.306 e. The van der Waals surface area contributed by atoms with Gasteiger partial charge in [-0.1, -0.05) is 52.7 Å². The van der Waals surface area contributed by atoms with Gasteiger partial charge in [0.05, 0.1) is 6.04 Å². The highest BCUT2D eigenvalue weighted by molar-refractivity contribution is 9.10. The van der Waals surface area contributed by atoms with Crippen LogP contribution in [0.15, 0.2) is 40.9 Å². The van der Waals surface area contributed by atoms with Gasteiger partial charge in [0.25, 0.3) is 0 Å². The highest BCUT2D eigenvalue weighted by Crippen LogP contribution is 2.33. The van der Waals surface area contributed by atoms with Crippen LogP contribution in [0.4, 0.5) is 4.39 Å². The Hall–Kier alpha value is -0.900. The molecule has 4 heteroatoms. The summed E-state index contributed by atoms with van der Waals surface area (Å²) in [5, 5.41) is 3.94. The number of rotatable bonds is 5. The van der Waals surface area contributed by atoms with Crippen LogP contribution in [0.3, 0.4) is 0 Å². The van der Waals surface area contributed by atoms with Crippen molar-refractivity contribution in [3.05, 3.63) is 68.4 Å². The van der Waals surface area contributed by atoms with Gasteiger partial charge in [0, 0.05) is 9.50 Å². The minimum atomic E-state index is -0.273. The molecule has 1 nitrogen and oxygen atoms in total. The van der Waals surface area contributed by atoms with Crippen LogP contribution in [0.2, 0.25) is 5.02 Å². The summed E-state index contributed by atoms with van der Waals surface area (Å²) in [6, 6.07) is 11.2. The van der Waals surface area contributed by atoms with Crippen LogP contribution in [0.1, 0.15) is 36.1 Å². The van der Waals surface area contributed by atoms with Gasteiger partial charge in [-0.3, -0.25) is 0 Å². The summed E-state index contributed by atoms with van der Waals surface area (Å²) < 4.78 is 14.7. The van der Waals surface area contributed by atoms with Crippen LogP contribution in [0.25, 0.3) is 0 Å². The number of nitrogens with one attached hydrogen (secondary N) is 1. The zero-order valence-corrected chi connectivity index (χ0v) is 14.4. The van der Waals surface area contributed by atoms with E-state index in [-0.39, 0.29) is 11.9 Å². The van der Waals surface area contributed by atoms with Crippen LogP contribution >= 0.6 is 27.5 Å². The molecule has 0 aromatic heterocycles. The fourth-order valence-electron chi connectivity index (χ4n) is 2.29. The number of halogens is 3. The van der Waals surface area contributed by atoms with Gasteiger partial charge < -0.3 is 5.32 Å². The molecule has 0 saturated heterocycles. The lowest BCUT2D eigenvalue weighted by Crippen LogP contribution is -2.24. The number of hydrogen-bond acceptors (Lipinski definition) is 1. The summed E-state index contributed by atoms with van der Waals surface area (Å²) in [5.74, 6) is -0.273. The first-order valence-corrected chi connectivity index (χ1v) is 8.15. The lowest BCUT2D eigenvalue weighted by molar-refractivity contribution is 0.589. The molecule has 2 aromatic carbocycles. The second kappa shape index (κ2) is 7.39. The van der Waals surface area contributed by atoms with Gasteiger partial charge >= 0.3 is 0 Å². The third-order valence-electron chi connectivity index (χ3n) is 3.40. The summed E-state index contributed by atoms with van der Waals surface area (Å²) in [7, 11) is 0. The smallest absolute Gasteiger partial charge is 0.127 e. The van der Waals surface area contributed by atoms with Crippen molar-refractivity contribution < 1.29 is 4.39 Å². The first-order chi connectivity index (χ1) is 10.0. The van der Waals surface area contributed by atoms with E-state index in [2.05, 4.69) is 28.2 Å². The van der Waals surface area contributed by atoms with Crippen molar-refractivity contribution in [3.8, 4) is 0 Å². The Kier molecular flexibility index (Phi) is 5.80. The van der Waals surface area contributed by atoms with Gasteiger partial charge in [-0.15, -0.1) is 0 Å². The molecule has 2 aromatic rings. The Balaban J connectivity index is 2.51. The van der Waals surface area contributed by atoms with E-state index in [1.54, 1.807) is 6.92 Å². The van der Waals surface area contributed by atoms with E-state index in [1.165, 1.54) is 6.07 Å². The van der Waals surface area contributed by atoms with Gasteiger partial charge in [0.2, 0.25) is 0 Å². The Morgan fingerprint density at radius 1 is 1.24 bits per heavy atom. The van der Waals surface area contributed by atoms with E-state index in [4.69, 9.17) is 11.6 Å². The molecule has 0 aliphatic heterocycles. The molecule has 0 amide bonds. The predicted molar refractivity (Wildman–Crippen MR) is 90.4 cm³/mol. The molecule has 0 aliphatic carbocycles. The Labute approximate surface area is 138 Å². The third-order valence-corrected chi connectivity index (χ3v) is 4.45. The molecular weight excluding hydrogens is 353 g/mol. The fourth-order valence-corrected chi connectivity index (χ4v) is 3.06. The molecule has 0 heterocycles. The normalized spacial score (nSPS) is 12.4. The average molecular weight is 371 g/mol. The summed E-state index contributed by atoms with van der Waals surface area (Å²) in [4.78, 5) is 0. The van der Waals surface area contributed by atoms with Crippen molar-refractivity contribution in [2.45, 2.75) is 26.3 Å². The van der Waals surface area contributed by atoms with E-state index in [0.717, 1.165) is 28.6 Å². The minimum absolute atomic E-state index is 0.0627. The topological polar surface area (TPSA) is 12.0 Å². The summed E-state index contributed by atoms with van der Waals surface area (Å²) in [6.07, 6.45) is 1.01. The molecule has 112 valence electrons. The van der Waals surface area contributed by atoms with Gasteiger partial charge in [0.15, 0.2) is 0 Å². The average Bonchev–Trinajstić information content (AvgIpc) is 2.46. The zero-order chi connectivity index (χ0) is 15.4. The van der Waals surface area contributed by atoms with E-state index < -0.39 is 0 Å². The van der Waals surface area contributed by atoms with Crippen LogP contribution in [-0.4, -0.2) is 6.54 Å². The van der Waals surface area contributed by atoms with E-state index in [0.29, 0.717) is 10.6 Å². The van der Waals surface area contributed by atoms with Gasteiger partial charge in [0.1, 0.15) is 5.82 Å². The zero-order valence-electron chi connectivity index (χ0n) is 12.1. The molecule has 0 fully saturated rings. The molecule has 0 bridgehead atoms. The second-order valence-electron chi connectivity index (χ2n) is 5.03. The molecule has 0 radical (unpaired) electrons. The second-order valence-corrected chi connectivity index (χ2v) is 6.29. The van der Waals surface area contributed by atoms with Crippen LogP contribution in [0.5, 0.6) is 0 Å². The lowest BCUT2D eigenvalue weighted by Gasteiger charge is -2.22. The summed E-state index contributed by atoms with van der Waals surface area (Å²) in [6.45, 7) is 4.73. The molecule has 0 aliphatic rings. The van der Waals surface area contributed by atoms with Crippen LogP contribution in [-0.2, 0) is 0 Å². The molecule has 1 N–H and O–H groups in total. The molecule has 1 atom stereocenters. The molecule has 2 rings (SSSR count). The van der Waals surface area contributed by atoms with Crippen LogP contribution in [0, 0.1) is 12.7 Å². The highest BCUT2D eigenvalue weighted by Gasteiger charge is 2.19. The van der Waals surface area contributed by atoms with Crippen molar-refractivity contribution in [1.29, 1.82) is 0 Å². The van der Waals surface area contributed by atoms with E-state index >= 15 is 0 Å². The number of aryl methyl sites for hydroxylation is 1. The summed E-state index contributed by atoms with van der Waals surface area (Å²) in [5.41, 5.74) is 2.60.